The van der Waals surface area contributed by atoms with Gasteiger partial charge < -0.3 is 43.9 Å². The summed E-state index contributed by atoms with van der Waals surface area (Å²) >= 11 is 0. The van der Waals surface area contributed by atoms with Crippen LogP contribution in [0.25, 0.3) is 5.69 Å². The quantitative estimate of drug-likeness (QED) is 0.0524. The molecule has 21 nitrogen and oxygen atoms in total. The number of esters is 1. The molecule has 2 saturated heterocycles. The zero-order valence-corrected chi connectivity index (χ0v) is 44.3. The van der Waals surface area contributed by atoms with Gasteiger partial charge in [-0.2, -0.15) is 9.67 Å². The predicted octanol–water partition coefficient (Wildman–Crippen LogP) is 6.22. The lowest BCUT2D eigenvalue weighted by Crippen LogP contribution is -2.46. The Morgan fingerprint density at radius 2 is 1.64 bits per heavy atom. The smallest absolute Gasteiger partial charge is 0.418 e. The average molecular weight is 1070 g/mol. The first-order valence-electron chi connectivity index (χ1n) is 25.5. The van der Waals surface area contributed by atoms with Gasteiger partial charge in [0.1, 0.15) is 60.4 Å². The van der Waals surface area contributed by atoms with Crippen LogP contribution in [0, 0.1) is 17.6 Å². The number of amides is 2. The number of rotatable bonds is 19. The lowest BCUT2D eigenvalue weighted by atomic mass is 9.87. The third kappa shape index (κ3) is 13.6. The summed E-state index contributed by atoms with van der Waals surface area (Å²) in [5.41, 5.74) is 1.08. The largest absolute Gasteiger partial charge is 0.493 e. The first kappa shape index (κ1) is 55.3. The van der Waals surface area contributed by atoms with Crippen LogP contribution in [0.1, 0.15) is 77.8 Å². The molecule has 410 valence electrons. The maximum absolute atomic E-state index is 15.7. The molecule has 5 atom stereocenters. The van der Waals surface area contributed by atoms with E-state index in [1.165, 1.54) is 47.3 Å². The van der Waals surface area contributed by atoms with E-state index in [-0.39, 0.29) is 49.4 Å². The second kappa shape index (κ2) is 24.0. The van der Waals surface area contributed by atoms with E-state index >= 15 is 4.39 Å². The van der Waals surface area contributed by atoms with Crippen molar-refractivity contribution in [3.8, 4) is 11.4 Å². The maximum atomic E-state index is 15.7. The number of hydrogen-bond donors (Lipinski definition) is 2. The molecule has 3 aromatic heterocycles. The molecule has 2 N–H and O–H groups in total. The van der Waals surface area contributed by atoms with Crippen LogP contribution in [-0.4, -0.2) is 117 Å². The fraction of sp³-hybridized carbons (Fsp3) is 0.444. The summed E-state index contributed by atoms with van der Waals surface area (Å²) in [6.45, 7) is 13.3. The molecular weight excluding hydrogens is 1000 g/mol. The molecule has 0 bridgehead atoms. The summed E-state index contributed by atoms with van der Waals surface area (Å²) in [6.07, 6.45) is 3.77. The molecule has 23 heteroatoms. The van der Waals surface area contributed by atoms with Crippen molar-refractivity contribution < 1.29 is 56.5 Å². The summed E-state index contributed by atoms with van der Waals surface area (Å²) in [6, 6.07) is 22.0. The number of pyridine rings is 1. The van der Waals surface area contributed by atoms with Crippen molar-refractivity contribution in [3.05, 3.63) is 137 Å². The molecule has 3 aromatic carbocycles. The molecule has 0 radical (unpaired) electrons. The number of benzene rings is 3. The van der Waals surface area contributed by atoms with E-state index < -0.39 is 65.9 Å². The van der Waals surface area contributed by atoms with E-state index in [0.717, 1.165) is 48.5 Å². The minimum Gasteiger partial charge on any atom is -0.493 e. The highest BCUT2D eigenvalue weighted by Crippen LogP contribution is 2.42. The van der Waals surface area contributed by atoms with E-state index in [4.69, 9.17) is 23.7 Å². The highest BCUT2D eigenvalue weighted by molar-refractivity contribution is 5.86. The molecule has 0 aliphatic carbocycles. The third-order valence-electron chi connectivity index (χ3n) is 13.4. The Morgan fingerprint density at radius 1 is 0.961 bits per heavy atom. The van der Waals surface area contributed by atoms with Crippen molar-refractivity contribution in [3.63, 3.8) is 0 Å². The number of halogens is 2. The Hall–Kier alpha value is -7.92. The number of nitrogens with one attached hydrogen (secondary N) is 1. The Balaban J connectivity index is 0.833. The molecule has 2 fully saturated rings. The lowest BCUT2D eigenvalue weighted by molar-refractivity contribution is -0.753. The van der Waals surface area contributed by atoms with Gasteiger partial charge in [-0.25, -0.2) is 37.4 Å². The average Bonchev–Trinajstić information content (AvgIpc) is 4.22. The van der Waals surface area contributed by atoms with Gasteiger partial charge in [0.15, 0.2) is 0 Å². The number of carbonyl (C=O) groups excluding carboxylic acids is 3. The van der Waals surface area contributed by atoms with Gasteiger partial charge in [-0.15, -0.1) is 4.68 Å². The molecule has 1 unspecified atom stereocenters. The number of piperazine rings is 1. The van der Waals surface area contributed by atoms with E-state index in [0.29, 0.717) is 29.8 Å². The van der Waals surface area contributed by atoms with Crippen LogP contribution in [0.15, 0.2) is 109 Å². The van der Waals surface area contributed by atoms with E-state index in [1.54, 1.807) is 62.3 Å². The Labute approximate surface area is 444 Å². The number of hydrogen-bond acceptors (Lipinski definition) is 15. The van der Waals surface area contributed by atoms with E-state index in [9.17, 15) is 28.7 Å². The summed E-state index contributed by atoms with van der Waals surface area (Å²) in [5.74, 6) is -1.55. The molecular formula is C54H66F2N11O10+. The van der Waals surface area contributed by atoms with Crippen LogP contribution >= 0.6 is 0 Å². The van der Waals surface area contributed by atoms with Crippen LogP contribution in [-0.2, 0) is 42.5 Å². The molecule has 8 rings (SSSR count). The number of nitrogens with zero attached hydrogens (tertiary/aromatic N) is 10. The predicted molar refractivity (Wildman–Crippen MR) is 278 cm³/mol. The topological polar surface area (TPSA) is 214 Å². The molecule has 2 aliphatic heterocycles. The molecule has 6 aromatic rings. The van der Waals surface area contributed by atoms with Gasteiger partial charge in [0, 0.05) is 85.9 Å². The van der Waals surface area contributed by atoms with Crippen LogP contribution in [0.4, 0.5) is 35.6 Å². The minimum absolute atomic E-state index is 0.0367. The third-order valence-corrected chi connectivity index (χ3v) is 13.4. The summed E-state index contributed by atoms with van der Waals surface area (Å²) < 4.78 is 64.8. The number of aliphatic hydroxyl groups is 1. The Morgan fingerprint density at radius 3 is 2.29 bits per heavy atom. The van der Waals surface area contributed by atoms with Gasteiger partial charge in [0.2, 0.25) is 12.6 Å². The molecule has 5 heterocycles. The lowest BCUT2D eigenvalue weighted by Gasteiger charge is -2.37. The second-order valence-corrected chi connectivity index (χ2v) is 20.2. The van der Waals surface area contributed by atoms with Crippen LogP contribution in [0.2, 0.25) is 0 Å². The van der Waals surface area contributed by atoms with Crippen molar-refractivity contribution in [2.24, 2.45) is 5.92 Å². The number of aliphatic hydroxyl groups excluding tert-OH is 1. The molecule has 0 spiro atoms. The van der Waals surface area contributed by atoms with Crippen LogP contribution in [0.3, 0.4) is 0 Å². The normalized spacial score (nSPS) is 17.8. The van der Waals surface area contributed by atoms with Gasteiger partial charge in [0.05, 0.1) is 31.0 Å². The van der Waals surface area contributed by atoms with Crippen molar-refractivity contribution in [2.75, 3.05) is 67.7 Å². The Bertz CT molecular complexity index is 3050. The standard InChI is InChI=1S/C54H65F2N11O10/c1-8-47(36(2)68)67-51(71)66(34-60-67)43-14-12-41(13-15-43)62-22-24-63(25-23-62)42-16-18-44(19-17-42)73-29-38-27-54(75-30-38,45-20-11-40(55)26-46(45)56)32-65-35-64(33-59-65)37(3)76-52(72)61(7)49-39(10-9-21-57-49)31-74-48(69)28-58-50(70)77-53(4,5)6/h9-21,26,33-38,47,68H,8,22-25,27-32H2,1-7H3/p+1/t36-,37?,38+,47-,54-/m0/s1. The summed E-state index contributed by atoms with van der Waals surface area (Å²) in [7, 11) is 1.45. The maximum Gasteiger partial charge on any atom is 0.418 e. The summed E-state index contributed by atoms with van der Waals surface area (Å²) in [5, 5.41) is 21.2. The number of aromatic nitrogens is 7. The molecule has 77 heavy (non-hydrogen) atoms. The zero-order valence-electron chi connectivity index (χ0n) is 44.3. The first-order valence-corrected chi connectivity index (χ1v) is 25.5. The van der Waals surface area contributed by atoms with Crippen molar-refractivity contribution in [2.45, 2.75) is 97.1 Å². The minimum atomic E-state index is -1.25. The van der Waals surface area contributed by atoms with E-state index in [2.05, 4.69) is 30.3 Å². The van der Waals surface area contributed by atoms with Gasteiger partial charge in [-0.3, -0.25) is 9.69 Å². The van der Waals surface area contributed by atoms with Gasteiger partial charge in [-0.1, -0.05) is 19.1 Å². The van der Waals surface area contributed by atoms with Crippen molar-refractivity contribution >= 4 is 35.3 Å². The van der Waals surface area contributed by atoms with Crippen molar-refractivity contribution in [1.29, 1.82) is 0 Å². The SMILES string of the molecule is CC[C@@H]([C@H](C)O)n1ncn(-c2ccc(N3CCN(c4ccc(OC[C@@H]5CO[C@@](Cn6c[n+](C(C)OC(=O)N(C)c7ncccc7COC(=O)CNC(=O)OC(C)(C)C)cn6)(c6ccc(F)cc6F)C5)cc4)CC3)cc2)c1=O. The molecule has 2 amide bonds. The highest BCUT2D eigenvalue weighted by Gasteiger charge is 2.46. The number of carbonyl (C=O) groups is 3. The van der Waals surface area contributed by atoms with Crippen LogP contribution < -0.4 is 35.0 Å². The molecule has 0 saturated carbocycles. The van der Waals surface area contributed by atoms with Crippen LogP contribution in [0.5, 0.6) is 5.75 Å². The van der Waals surface area contributed by atoms with E-state index in [1.807, 2.05) is 55.5 Å². The zero-order chi connectivity index (χ0) is 55.0. The second-order valence-electron chi connectivity index (χ2n) is 20.2. The number of ether oxygens (including phenoxy) is 5. The Kier molecular flexibility index (Phi) is 17.2. The monoisotopic (exact) mass is 1070 g/mol. The fourth-order valence-electron chi connectivity index (χ4n) is 9.42. The van der Waals surface area contributed by atoms with Crippen molar-refractivity contribution in [1.82, 2.24) is 34.4 Å². The highest BCUT2D eigenvalue weighted by atomic mass is 19.1. The van der Waals surface area contributed by atoms with Gasteiger partial charge >= 0.3 is 23.8 Å². The van der Waals surface area contributed by atoms with Gasteiger partial charge in [-0.05, 0) is 101 Å². The number of alkyl carbamates (subject to hydrolysis) is 1. The number of anilines is 3. The summed E-state index contributed by atoms with van der Waals surface area (Å²) in [4.78, 5) is 61.0. The van der Waals surface area contributed by atoms with Gasteiger partial charge in [0.25, 0.3) is 6.33 Å². The first-order chi connectivity index (χ1) is 36.8. The molecule has 2 aliphatic rings. The fourth-order valence-corrected chi connectivity index (χ4v) is 9.42.